The zero-order valence-electron chi connectivity index (χ0n) is 23.9. The lowest BCUT2D eigenvalue weighted by Crippen LogP contribution is -2.52. The Morgan fingerprint density at radius 1 is 0.795 bits per heavy atom. The Morgan fingerprint density at radius 3 is 1.87 bits per heavy atom. The van der Waals surface area contributed by atoms with Crippen molar-refractivity contribution in [2.45, 2.75) is 72.0 Å². The number of carbonyl (C=O) groups is 2. The van der Waals surface area contributed by atoms with Crippen LogP contribution in [-0.4, -0.2) is 43.8 Å². The fourth-order valence-electron chi connectivity index (χ4n) is 4.31. The van der Waals surface area contributed by atoms with Gasteiger partial charge in [-0.05, 0) is 77.8 Å². The van der Waals surface area contributed by atoms with Crippen molar-refractivity contribution in [3.05, 3.63) is 94.5 Å². The van der Waals surface area contributed by atoms with Gasteiger partial charge >= 0.3 is 0 Å². The summed E-state index contributed by atoms with van der Waals surface area (Å²) in [6.07, 6.45) is 0. The lowest BCUT2D eigenvalue weighted by atomic mass is 10.1. The van der Waals surface area contributed by atoms with Crippen LogP contribution in [0.5, 0.6) is 0 Å². The molecule has 0 saturated carbocycles. The Kier molecular flexibility index (Phi) is 9.56. The SMILES string of the molecule is Cc1ccc(CN(C(=O)CN(c2ccc(C)cc2C)S(=O)(=O)c2ccc(C)cc2)[C@@H](C)C(=O)NC(C)C)cc1. The van der Waals surface area contributed by atoms with Gasteiger partial charge in [0.1, 0.15) is 12.6 Å². The molecule has 0 radical (unpaired) electrons. The number of nitrogens with one attached hydrogen (secondary N) is 1. The molecule has 8 heteroatoms. The van der Waals surface area contributed by atoms with Gasteiger partial charge in [-0.25, -0.2) is 8.42 Å². The Labute approximate surface area is 232 Å². The Balaban J connectivity index is 2.06. The van der Waals surface area contributed by atoms with Crippen LogP contribution >= 0.6 is 0 Å². The monoisotopic (exact) mass is 549 g/mol. The van der Waals surface area contributed by atoms with Gasteiger partial charge in [-0.2, -0.15) is 0 Å². The van der Waals surface area contributed by atoms with E-state index in [0.29, 0.717) is 5.69 Å². The summed E-state index contributed by atoms with van der Waals surface area (Å²) >= 11 is 0. The Bertz CT molecular complexity index is 1420. The van der Waals surface area contributed by atoms with E-state index >= 15 is 0 Å². The zero-order valence-corrected chi connectivity index (χ0v) is 24.7. The minimum Gasteiger partial charge on any atom is -0.352 e. The average Bonchev–Trinajstić information content (AvgIpc) is 2.86. The van der Waals surface area contributed by atoms with E-state index in [1.54, 1.807) is 37.3 Å². The number of hydrogen-bond donors (Lipinski definition) is 1. The molecule has 0 aromatic heterocycles. The number of sulfonamides is 1. The van der Waals surface area contributed by atoms with Gasteiger partial charge in [-0.1, -0.05) is 65.2 Å². The summed E-state index contributed by atoms with van der Waals surface area (Å²) in [5, 5.41) is 2.87. The van der Waals surface area contributed by atoms with Gasteiger partial charge in [-0.15, -0.1) is 0 Å². The van der Waals surface area contributed by atoms with E-state index in [-0.39, 0.29) is 23.4 Å². The molecule has 0 unspecified atom stereocenters. The van der Waals surface area contributed by atoms with E-state index in [1.807, 2.05) is 77.9 Å². The zero-order chi connectivity index (χ0) is 28.9. The molecule has 3 rings (SSSR count). The fourth-order valence-corrected chi connectivity index (χ4v) is 5.79. The molecule has 0 spiro atoms. The second-order valence-electron chi connectivity index (χ2n) is 10.5. The standard InChI is InChI=1S/C31H39N3O4S/c1-21(2)32-31(36)26(7)33(19-27-13-8-22(3)9-14-27)30(35)20-34(29-17-12-24(5)18-25(29)6)39(37,38)28-15-10-23(4)11-16-28/h8-18,21,26H,19-20H2,1-7H3,(H,32,36)/t26-/m0/s1. The van der Waals surface area contributed by atoms with E-state index in [0.717, 1.165) is 32.1 Å². The highest BCUT2D eigenvalue weighted by Gasteiger charge is 2.33. The van der Waals surface area contributed by atoms with Crippen LogP contribution in [0.1, 0.15) is 48.6 Å². The first-order chi connectivity index (χ1) is 18.3. The molecular weight excluding hydrogens is 510 g/mol. The minimum absolute atomic E-state index is 0.0940. The summed E-state index contributed by atoms with van der Waals surface area (Å²) in [4.78, 5) is 28.5. The van der Waals surface area contributed by atoms with E-state index in [9.17, 15) is 18.0 Å². The number of amides is 2. The number of nitrogens with zero attached hydrogens (tertiary/aromatic N) is 2. The van der Waals surface area contributed by atoms with Crippen LogP contribution in [0, 0.1) is 27.7 Å². The molecule has 3 aromatic rings. The fraction of sp³-hybridized carbons (Fsp3) is 0.355. The first kappa shape index (κ1) is 29.9. The van der Waals surface area contributed by atoms with Crippen molar-refractivity contribution < 1.29 is 18.0 Å². The summed E-state index contributed by atoms with van der Waals surface area (Å²) < 4.78 is 29.1. The van der Waals surface area contributed by atoms with Gasteiger partial charge < -0.3 is 10.2 Å². The van der Waals surface area contributed by atoms with Crippen molar-refractivity contribution in [1.82, 2.24) is 10.2 Å². The molecule has 0 saturated heterocycles. The quantitative estimate of drug-likeness (QED) is 0.383. The molecule has 1 N–H and O–H groups in total. The topological polar surface area (TPSA) is 86.8 Å². The largest absolute Gasteiger partial charge is 0.352 e. The van der Waals surface area contributed by atoms with Gasteiger partial charge in [0.15, 0.2) is 0 Å². The molecule has 1 atom stereocenters. The molecule has 0 aliphatic rings. The molecule has 3 aromatic carbocycles. The highest BCUT2D eigenvalue weighted by atomic mass is 32.2. The van der Waals surface area contributed by atoms with Crippen LogP contribution in [0.15, 0.2) is 71.6 Å². The molecule has 39 heavy (non-hydrogen) atoms. The maximum absolute atomic E-state index is 14.0. The van der Waals surface area contributed by atoms with Crippen LogP contribution < -0.4 is 9.62 Å². The van der Waals surface area contributed by atoms with Crippen LogP contribution in [-0.2, 0) is 26.2 Å². The number of hydrogen-bond acceptors (Lipinski definition) is 4. The number of anilines is 1. The predicted molar refractivity (Wildman–Crippen MR) is 156 cm³/mol. The highest BCUT2D eigenvalue weighted by molar-refractivity contribution is 7.92. The summed E-state index contributed by atoms with van der Waals surface area (Å²) in [6.45, 7) is 12.7. The third kappa shape index (κ3) is 7.47. The summed E-state index contributed by atoms with van der Waals surface area (Å²) in [7, 11) is -4.09. The van der Waals surface area contributed by atoms with Gasteiger partial charge in [0.05, 0.1) is 10.6 Å². The average molecular weight is 550 g/mol. The van der Waals surface area contributed by atoms with Crippen molar-refractivity contribution in [3.8, 4) is 0 Å². The molecule has 0 bridgehead atoms. The molecule has 0 fully saturated rings. The van der Waals surface area contributed by atoms with Crippen LogP contribution in [0.25, 0.3) is 0 Å². The van der Waals surface area contributed by atoms with Gasteiger partial charge in [0, 0.05) is 12.6 Å². The van der Waals surface area contributed by atoms with Crippen molar-refractivity contribution in [1.29, 1.82) is 0 Å². The molecule has 208 valence electrons. The van der Waals surface area contributed by atoms with Crippen molar-refractivity contribution in [3.63, 3.8) is 0 Å². The number of carbonyl (C=O) groups excluding carboxylic acids is 2. The smallest absolute Gasteiger partial charge is 0.264 e. The third-order valence-corrected chi connectivity index (χ3v) is 8.35. The second kappa shape index (κ2) is 12.5. The molecule has 7 nitrogen and oxygen atoms in total. The van der Waals surface area contributed by atoms with E-state index in [4.69, 9.17) is 0 Å². The first-order valence-corrected chi connectivity index (χ1v) is 14.6. The Morgan fingerprint density at radius 2 is 1.33 bits per heavy atom. The number of aryl methyl sites for hydroxylation is 4. The van der Waals surface area contributed by atoms with Gasteiger partial charge in [0.2, 0.25) is 11.8 Å². The maximum Gasteiger partial charge on any atom is 0.264 e. The van der Waals surface area contributed by atoms with Crippen LogP contribution in [0.4, 0.5) is 5.69 Å². The lowest BCUT2D eigenvalue weighted by Gasteiger charge is -2.32. The normalized spacial score (nSPS) is 12.2. The minimum atomic E-state index is -4.09. The number of rotatable bonds is 10. The van der Waals surface area contributed by atoms with Crippen molar-refractivity contribution in [2.75, 3.05) is 10.8 Å². The second-order valence-corrected chi connectivity index (χ2v) is 12.3. The third-order valence-electron chi connectivity index (χ3n) is 6.58. The summed E-state index contributed by atoms with van der Waals surface area (Å²) in [6, 6.07) is 18.8. The van der Waals surface area contributed by atoms with Gasteiger partial charge in [0.25, 0.3) is 10.0 Å². The maximum atomic E-state index is 14.0. The summed E-state index contributed by atoms with van der Waals surface area (Å²) in [5.74, 6) is -0.775. The molecule has 2 amide bonds. The van der Waals surface area contributed by atoms with Crippen LogP contribution in [0.2, 0.25) is 0 Å². The van der Waals surface area contributed by atoms with Crippen molar-refractivity contribution >= 4 is 27.5 Å². The van der Waals surface area contributed by atoms with E-state index < -0.39 is 28.5 Å². The Hall–Kier alpha value is -3.65. The first-order valence-electron chi connectivity index (χ1n) is 13.1. The van der Waals surface area contributed by atoms with E-state index in [1.165, 1.54) is 4.90 Å². The molecule has 0 aliphatic heterocycles. The summed E-state index contributed by atoms with van der Waals surface area (Å²) in [5.41, 5.74) is 4.98. The molecular formula is C31H39N3O4S. The number of benzene rings is 3. The van der Waals surface area contributed by atoms with E-state index in [2.05, 4.69) is 5.32 Å². The highest BCUT2D eigenvalue weighted by Crippen LogP contribution is 2.28. The molecule has 0 aliphatic carbocycles. The lowest BCUT2D eigenvalue weighted by molar-refractivity contribution is -0.139. The van der Waals surface area contributed by atoms with Gasteiger partial charge in [-0.3, -0.25) is 13.9 Å². The predicted octanol–water partition coefficient (Wildman–Crippen LogP) is 5.06. The van der Waals surface area contributed by atoms with Crippen LogP contribution in [0.3, 0.4) is 0 Å². The molecule has 0 heterocycles. The van der Waals surface area contributed by atoms with Crippen molar-refractivity contribution in [2.24, 2.45) is 0 Å².